The van der Waals surface area contributed by atoms with Gasteiger partial charge in [-0.15, -0.1) is 0 Å². The predicted molar refractivity (Wildman–Crippen MR) is 114 cm³/mol. The third-order valence-electron chi connectivity index (χ3n) is 5.63. The maximum Gasteiger partial charge on any atom is 0.272 e. The molecule has 1 aliphatic carbocycles. The van der Waals surface area contributed by atoms with Crippen LogP contribution in [0.1, 0.15) is 58.8 Å². The largest absolute Gasteiger partial charge is 0.343 e. The minimum absolute atomic E-state index is 0.117. The Bertz CT molecular complexity index is 1060. The summed E-state index contributed by atoms with van der Waals surface area (Å²) in [5.74, 6) is -0.0797. The van der Waals surface area contributed by atoms with Crippen LogP contribution in [0.3, 0.4) is 0 Å². The van der Waals surface area contributed by atoms with E-state index in [0.29, 0.717) is 34.5 Å². The summed E-state index contributed by atoms with van der Waals surface area (Å²) in [5, 5.41) is 3.18. The Morgan fingerprint density at radius 2 is 2.00 bits per heavy atom. The van der Waals surface area contributed by atoms with Crippen LogP contribution in [-0.2, 0) is 11.3 Å². The van der Waals surface area contributed by atoms with Gasteiger partial charge in [0.25, 0.3) is 11.8 Å². The zero-order valence-corrected chi connectivity index (χ0v) is 18.6. The lowest BCUT2D eigenvalue weighted by atomic mass is 10.1. The van der Waals surface area contributed by atoms with Crippen LogP contribution in [0.2, 0.25) is 0 Å². The highest BCUT2D eigenvalue weighted by Gasteiger charge is 2.41. The van der Waals surface area contributed by atoms with E-state index in [0.717, 1.165) is 23.3 Å². The molecule has 0 radical (unpaired) electrons. The number of rotatable bonds is 5. The number of nitrogens with zero attached hydrogens (tertiary/aromatic N) is 4. The number of carbonyl (C=O) groups excluding carboxylic acids is 3. The summed E-state index contributed by atoms with van der Waals surface area (Å²) in [6.07, 6.45) is 2.28. The van der Waals surface area contributed by atoms with Crippen LogP contribution in [0.5, 0.6) is 0 Å². The fraction of sp³-hybridized carbons (Fsp3) is 0.476. The Balaban J connectivity index is 1.80. The predicted octanol–water partition coefficient (Wildman–Crippen LogP) is 2.93. The molecule has 1 atom stereocenters. The summed E-state index contributed by atoms with van der Waals surface area (Å²) >= 11 is 1.31. The van der Waals surface area contributed by atoms with Gasteiger partial charge in [-0.05, 0) is 44.2 Å². The first-order chi connectivity index (χ1) is 14.2. The van der Waals surface area contributed by atoms with E-state index in [2.05, 4.69) is 22.2 Å². The molecule has 3 heterocycles. The molecule has 1 aliphatic heterocycles. The highest BCUT2D eigenvalue weighted by atomic mass is 32.1. The number of nitrogens with one attached hydrogen (secondary N) is 1. The van der Waals surface area contributed by atoms with Gasteiger partial charge in [0.1, 0.15) is 5.69 Å². The molecule has 9 heteroatoms. The van der Waals surface area contributed by atoms with Crippen molar-refractivity contribution in [2.45, 2.75) is 46.2 Å². The zero-order chi connectivity index (χ0) is 21.7. The first kappa shape index (κ1) is 20.5. The Kier molecular flexibility index (Phi) is 5.09. The summed E-state index contributed by atoms with van der Waals surface area (Å²) in [7, 11) is 3.31. The molecule has 0 spiro atoms. The molecule has 30 heavy (non-hydrogen) atoms. The molecule has 2 aliphatic rings. The van der Waals surface area contributed by atoms with Crippen LogP contribution in [0.25, 0.3) is 10.6 Å². The van der Waals surface area contributed by atoms with E-state index in [1.54, 1.807) is 14.1 Å². The van der Waals surface area contributed by atoms with Crippen molar-refractivity contribution in [3.8, 4) is 10.6 Å². The summed E-state index contributed by atoms with van der Waals surface area (Å²) in [6, 6.07) is 2.03. The summed E-state index contributed by atoms with van der Waals surface area (Å²) < 4.78 is 0. The number of anilines is 1. The zero-order valence-electron chi connectivity index (χ0n) is 17.8. The Morgan fingerprint density at radius 3 is 2.60 bits per heavy atom. The Hall–Kier alpha value is -2.81. The van der Waals surface area contributed by atoms with E-state index in [9.17, 15) is 14.4 Å². The summed E-state index contributed by atoms with van der Waals surface area (Å²) in [5.41, 5.74) is 2.72. The average molecular weight is 428 g/mol. The molecule has 0 aromatic carbocycles. The van der Waals surface area contributed by atoms with Gasteiger partial charge in [0.15, 0.2) is 5.13 Å². The van der Waals surface area contributed by atoms with Crippen molar-refractivity contribution in [1.82, 2.24) is 19.8 Å². The van der Waals surface area contributed by atoms with Crippen LogP contribution >= 0.6 is 11.3 Å². The van der Waals surface area contributed by atoms with Crippen LogP contribution in [0, 0.1) is 12.8 Å². The summed E-state index contributed by atoms with van der Waals surface area (Å²) in [4.78, 5) is 50.6. The van der Waals surface area contributed by atoms with Crippen molar-refractivity contribution in [2.75, 3.05) is 19.4 Å². The number of carbonyl (C=O) groups is 3. The van der Waals surface area contributed by atoms with Crippen LogP contribution in [0.15, 0.2) is 6.07 Å². The third-order valence-corrected chi connectivity index (χ3v) is 6.73. The third kappa shape index (κ3) is 3.58. The van der Waals surface area contributed by atoms with Crippen molar-refractivity contribution in [3.05, 3.63) is 28.6 Å². The molecule has 8 nitrogen and oxygen atoms in total. The number of thiazole rings is 1. The van der Waals surface area contributed by atoms with Crippen LogP contribution in [0.4, 0.5) is 5.13 Å². The minimum Gasteiger partial charge on any atom is -0.343 e. The molecule has 0 unspecified atom stereocenters. The molecule has 2 aromatic rings. The SMILES string of the molecule is CC(=O)Nc1nc(C)c(-c2cc3c(c(C(=O)N(C)C)n2)C(=O)N([C@@H](C)C2CC2)C3)s1. The van der Waals surface area contributed by atoms with Gasteiger partial charge in [0.05, 0.1) is 21.8 Å². The quantitative estimate of drug-likeness (QED) is 0.792. The van der Waals surface area contributed by atoms with Crippen molar-refractivity contribution < 1.29 is 14.4 Å². The summed E-state index contributed by atoms with van der Waals surface area (Å²) in [6.45, 7) is 5.83. The van der Waals surface area contributed by atoms with Crippen molar-refractivity contribution in [3.63, 3.8) is 0 Å². The molecule has 0 bridgehead atoms. The standard InChI is InChI=1S/C21H25N5O3S/c1-10-18(30-21(22-10)23-12(3)27)15-8-14-9-26(11(2)13-6-7-13)19(28)16(14)17(24-15)20(29)25(4)5/h8,11,13H,6-7,9H2,1-5H3,(H,22,23,27)/t11-/m0/s1. The van der Waals surface area contributed by atoms with Gasteiger partial charge in [-0.3, -0.25) is 14.4 Å². The van der Waals surface area contributed by atoms with Crippen LogP contribution < -0.4 is 5.32 Å². The van der Waals surface area contributed by atoms with Gasteiger partial charge in [0, 0.05) is 33.6 Å². The van der Waals surface area contributed by atoms with Crippen molar-refractivity contribution in [2.24, 2.45) is 5.92 Å². The van der Waals surface area contributed by atoms with E-state index < -0.39 is 0 Å². The van der Waals surface area contributed by atoms with Gasteiger partial charge >= 0.3 is 0 Å². The van der Waals surface area contributed by atoms with E-state index >= 15 is 0 Å². The van der Waals surface area contributed by atoms with Gasteiger partial charge in [-0.2, -0.15) is 0 Å². The number of amides is 3. The smallest absolute Gasteiger partial charge is 0.272 e. The number of pyridine rings is 1. The molecular formula is C21H25N5O3S. The van der Waals surface area contributed by atoms with Gasteiger partial charge in [-0.25, -0.2) is 9.97 Å². The maximum atomic E-state index is 13.2. The van der Waals surface area contributed by atoms with E-state index in [1.807, 2.05) is 17.9 Å². The molecule has 1 fully saturated rings. The minimum atomic E-state index is -0.299. The number of fused-ring (bicyclic) bond motifs is 1. The normalized spacial score (nSPS) is 16.4. The van der Waals surface area contributed by atoms with Gasteiger partial charge in [0.2, 0.25) is 5.91 Å². The second-order valence-electron chi connectivity index (χ2n) is 8.22. The first-order valence-corrected chi connectivity index (χ1v) is 10.8. The second kappa shape index (κ2) is 7.46. The number of aryl methyl sites for hydroxylation is 1. The molecule has 2 aromatic heterocycles. The van der Waals surface area contributed by atoms with Crippen molar-refractivity contribution >= 4 is 34.2 Å². The van der Waals surface area contributed by atoms with Gasteiger partial charge in [-0.1, -0.05) is 11.3 Å². The Labute approximate surface area is 179 Å². The van der Waals surface area contributed by atoms with E-state index in [4.69, 9.17) is 0 Å². The fourth-order valence-electron chi connectivity index (χ4n) is 3.84. The first-order valence-electron chi connectivity index (χ1n) is 9.99. The van der Waals surface area contributed by atoms with E-state index in [1.165, 1.54) is 23.2 Å². The molecular weight excluding hydrogens is 402 g/mol. The lowest BCUT2D eigenvalue weighted by Crippen LogP contribution is -2.35. The molecule has 0 saturated heterocycles. The molecule has 1 saturated carbocycles. The Morgan fingerprint density at radius 1 is 1.30 bits per heavy atom. The van der Waals surface area contributed by atoms with Gasteiger partial charge < -0.3 is 15.1 Å². The highest BCUT2D eigenvalue weighted by Crippen LogP contribution is 2.40. The number of hydrogen-bond acceptors (Lipinski definition) is 6. The molecule has 4 rings (SSSR count). The molecule has 158 valence electrons. The lowest BCUT2D eigenvalue weighted by Gasteiger charge is -2.24. The highest BCUT2D eigenvalue weighted by molar-refractivity contribution is 7.19. The monoisotopic (exact) mass is 427 g/mol. The average Bonchev–Trinajstić information content (AvgIpc) is 3.39. The molecule has 1 N–H and O–H groups in total. The maximum absolute atomic E-state index is 13.2. The molecule has 3 amide bonds. The van der Waals surface area contributed by atoms with E-state index in [-0.39, 0.29) is 29.5 Å². The van der Waals surface area contributed by atoms with Crippen molar-refractivity contribution in [1.29, 1.82) is 0 Å². The lowest BCUT2D eigenvalue weighted by molar-refractivity contribution is -0.114. The fourth-order valence-corrected chi connectivity index (χ4v) is 4.82. The number of aromatic nitrogens is 2. The second-order valence-corrected chi connectivity index (χ2v) is 9.21. The topological polar surface area (TPSA) is 95.5 Å². The number of hydrogen-bond donors (Lipinski definition) is 1. The van der Waals surface area contributed by atoms with Crippen LogP contribution in [-0.4, -0.2) is 57.6 Å².